The summed E-state index contributed by atoms with van der Waals surface area (Å²) < 4.78 is 36.9. The molecule has 35 heavy (non-hydrogen) atoms. The number of carbonyl (C=O) groups excluding carboxylic acids is 3. The van der Waals surface area contributed by atoms with Crippen LogP contribution in [-0.4, -0.2) is 54.0 Å². The lowest BCUT2D eigenvalue weighted by Gasteiger charge is -2.21. The molecule has 2 aromatic rings. The maximum Gasteiger partial charge on any atom is 0.405 e. The number of carbonyl (C=O) groups is 3. The van der Waals surface area contributed by atoms with Gasteiger partial charge in [0.15, 0.2) is 0 Å². The summed E-state index contributed by atoms with van der Waals surface area (Å²) in [5, 5.41) is 7.62. The maximum absolute atomic E-state index is 12.7. The van der Waals surface area contributed by atoms with E-state index in [0.29, 0.717) is 17.8 Å². The second-order valence-corrected chi connectivity index (χ2v) is 9.01. The van der Waals surface area contributed by atoms with E-state index in [1.807, 2.05) is 10.2 Å². The Morgan fingerprint density at radius 3 is 2.26 bits per heavy atom. The quantitative estimate of drug-likeness (QED) is 0.478. The highest BCUT2D eigenvalue weighted by atomic mass is 19.4. The van der Waals surface area contributed by atoms with E-state index in [0.717, 1.165) is 31.2 Å². The lowest BCUT2D eigenvalue weighted by molar-refractivity contribution is -0.123. The van der Waals surface area contributed by atoms with Crippen LogP contribution in [0.5, 0.6) is 0 Å². The number of benzene rings is 2. The van der Waals surface area contributed by atoms with Gasteiger partial charge in [-0.2, -0.15) is 13.2 Å². The standard InChI is InChI=1S/C25H27F3N4O3/c26-25(27,28)15-29-23(34)17-6-4-16(5-7-17)13-32(21-10-11-21)14-22(33)30-20-3-1-2-18(12-20)24(35)31-19-8-9-19/h1-7,12,19,21H,8-11,13-15H2,(H,29,34)(H,30,33)(H,31,35). The average Bonchev–Trinajstić information content (AvgIpc) is 3.72. The summed E-state index contributed by atoms with van der Waals surface area (Å²) in [5.41, 5.74) is 2.02. The lowest BCUT2D eigenvalue weighted by atomic mass is 10.1. The Balaban J connectivity index is 1.31. The summed E-state index contributed by atoms with van der Waals surface area (Å²) in [6.07, 6.45) is -0.532. The Bertz CT molecular complexity index is 1080. The summed E-state index contributed by atoms with van der Waals surface area (Å²) in [4.78, 5) is 38.9. The Morgan fingerprint density at radius 1 is 0.914 bits per heavy atom. The first kappa shape index (κ1) is 24.7. The topological polar surface area (TPSA) is 90.5 Å². The SMILES string of the molecule is O=C(CN(Cc1ccc(C(=O)NCC(F)(F)F)cc1)C1CC1)Nc1cccc(C(=O)NC2CC2)c1. The van der Waals surface area contributed by atoms with Gasteiger partial charge in [0.25, 0.3) is 11.8 Å². The smallest absolute Gasteiger partial charge is 0.349 e. The fourth-order valence-corrected chi connectivity index (χ4v) is 3.65. The van der Waals surface area contributed by atoms with E-state index in [1.165, 1.54) is 12.1 Å². The summed E-state index contributed by atoms with van der Waals surface area (Å²) in [7, 11) is 0. The second-order valence-electron chi connectivity index (χ2n) is 9.01. The Kier molecular flexibility index (Phi) is 7.39. The molecule has 3 N–H and O–H groups in total. The van der Waals surface area contributed by atoms with Crippen molar-refractivity contribution in [3.05, 3.63) is 65.2 Å². The minimum Gasteiger partial charge on any atom is -0.349 e. The first-order chi connectivity index (χ1) is 16.7. The Morgan fingerprint density at radius 2 is 1.63 bits per heavy atom. The molecule has 186 valence electrons. The molecule has 0 aliphatic heterocycles. The van der Waals surface area contributed by atoms with Crippen molar-refractivity contribution in [1.29, 1.82) is 0 Å². The van der Waals surface area contributed by atoms with Gasteiger partial charge in [-0.3, -0.25) is 19.3 Å². The van der Waals surface area contributed by atoms with Crippen molar-refractivity contribution in [2.24, 2.45) is 0 Å². The monoisotopic (exact) mass is 488 g/mol. The molecule has 2 aromatic carbocycles. The lowest BCUT2D eigenvalue weighted by Crippen LogP contribution is -2.35. The number of amides is 3. The number of hydrogen-bond donors (Lipinski definition) is 3. The van der Waals surface area contributed by atoms with Crippen LogP contribution in [-0.2, 0) is 11.3 Å². The van der Waals surface area contributed by atoms with Gasteiger partial charge in [-0.05, 0) is 61.6 Å². The van der Waals surface area contributed by atoms with Gasteiger partial charge in [0.05, 0.1) is 6.54 Å². The molecule has 0 heterocycles. The molecular formula is C25H27F3N4O3. The average molecular weight is 489 g/mol. The number of hydrogen-bond acceptors (Lipinski definition) is 4. The van der Waals surface area contributed by atoms with Crippen molar-refractivity contribution in [2.75, 3.05) is 18.4 Å². The van der Waals surface area contributed by atoms with E-state index in [9.17, 15) is 27.6 Å². The minimum atomic E-state index is -4.47. The van der Waals surface area contributed by atoms with E-state index in [2.05, 4.69) is 10.6 Å². The summed E-state index contributed by atoms with van der Waals surface area (Å²) in [5.74, 6) is -1.15. The van der Waals surface area contributed by atoms with Crippen molar-refractivity contribution < 1.29 is 27.6 Å². The number of alkyl halides is 3. The van der Waals surface area contributed by atoms with Crippen LogP contribution in [0.15, 0.2) is 48.5 Å². The van der Waals surface area contributed by atoms with E-state index in [-0.39, 0.29) is 36.0 Å². The van der Waals surface area contributed by atoms with Gasteiger partial charge in [-0.1, -0.05) is 18.2 Å². The fraction of sp³-hybridized carbons (Fsp3) is 0.400. The third-order valence-electron chi connectivity index (χ3n) is 5.78. The van der Waals surface area contributed by atoms with Crippen LogP contribution in [0, 0.1) is 0 Å². The van der Waals surface area contributed by atoms with Gasteiger partial charge < -0.3 is 16.0 Å². The van der Waals surface area contributed by atoms with Crippen molar-refractivity contribution in [3.63, 3.8) is 0 Å². The molecule has 2 fully saturated rings. The van der Waals surface area contributed by atoms with Crippen LogP contribution in [0.3, 0.4) is 0 Å². The Hall–Kier alpha value is -3.40. The first-order valence-corrected chi connectivity index (χ1v) is 11.5. The maximum atomic E-state index is 12.7. The highest BCUT2D eigenvalue weighted by molar-refractivity contribution is 5.98. The van der Waals surface area contributed by atoms with E-state index < -0.39 is 18.6 Å². The predicted molar refractivity (Wildman–Crippen MR) is 124 cm³/mol. The van der Waals surface area contributed by atoms with Gasteiger partial charge in [0, 0.05) is 35.4 Å². The van der Waals surface area contributed by atoms with E-state index >= 15 is 0 Å². The highest BCUT2D eigenvalue weighted by Crippen LogP contribution is 2.28. The van der Waals surface area contributed by atoms with Crippen LogP contribution in [0.1, 0.15) is 52.0 Å². The van der Waals surface area contributed by atoms with E-state index in [4.69, 9.17) is 0 Å². The number of nitrogens with zero attached hydrogens (tertiary/aromatic N) is 1. The second kappa shape index (κ2) is 10.5. The van der Waals surface area contributed by atoms with Crippen molar-refractivity contribution >= 4 is 23.4 Å². The van der Waals surface area contributed by atoms with Gasteiger partial charge in [-0.15, -0.1) is 0 Å². The first-order valence-electron chi connectivity index (χ1n) is 11.5. The van der Waals surface area contributed by atoms with Gasteiger partial charge in [0.1, 0.15) is 6.54 Å². The number of nitrogens with one attached hydrogen (secondary N) is 3. The normalized spacial score (nSPS) is 15.5. The third kappa shape index (κ3) is 7.81. The summed E-state index contributed by atoms with van der Waals surface area (Å²) in [6, 6.07) is 13.6. The molecule has 0 saturated heterocycles. The number of rotatable bonds is 10. The molecule has 7 nitrogen and oxygen atoms in total. The molecule has 0 atom stereocenters. The van der Waals surface area contributed by atoms with Crippen LogP contribution < -0.4 is 16.0 Å². The molecule has 2 aliphatic carbocycles. The molecule has 10 heteroatoms. The van der Waals surface area contributed by atoms with E-state index in [1.54, 1.807) is 36.4 Å². The fourth-order valence-electron chi connectivity index (χ4n) is 3.65. The van der Waals surface area contributed by atoms with Crippen LogP contribution >= 0.6 is 0 Å². The molecule has 2 aliphatic rings. The van der Waals surface area contributed by atoms with Gasteiger partial charge in [0.2, 0.25) is 5.91 Å². The largest absolute Gasteiger partial charge is 0.405 e. The molecule has 0 bridgehead atoms. The molecular weight excluding hydrogens is 461 g/mol. The van der Waals surface area contributed by atoms with Crippen LogP contribution in [0.2, 0.25) is 0 Å². The van der Waals surface area contributed by atoms with Crippen LogP contribution in [0.4, 0.5) is 18.9 Å². The van der Waals surface area contributed by atoms with Gasteiger partial charge >= 0.3 is 6.18 Å². The Labute approximate surface area is 201 Å². The van der Waals surface area contributed by atoms with Crippen molar-refractivity contribution in [3.8, 4) is 0 Å². The molecule has 0 unspecified atom stereocenters. The van der Waals surface area contributed by atoms with Gasteiger partial charge in [-0.25, -0.2) is 0 Å². The highest BCUT2D eigenvalue weighted by Gasteiger charge is 2.31. The molecule has 4 rings (SSSR count). The zero-order valence-corrected chi connectivity index (χ0v) is 19.0. The molecule has 2 saturated carbocycles. The molecule has 0 aromatic heterocycles. The summed E-state index contributed by atoms with van der Waals surface area (Å²) >= 11 is 0. The van der Waals surface area contributed by atoms with Crippen molar-refractivity contribution in [2.45, 2.75) is 50.5 Å². The predicted octanol–water partition coefficient (Wildman–Crippen LogP) is 3.47. The summed E-state index contributed by atoms with van der Waals surface area (Å²) in [6.45, 7) is -0.768. The van der Waals surface area contributed by atoms with Crippen LogP contribution in [0.25, 0.3) is 0 Å². The van der Waals surface area contributed by atoms with Crippen molar-refractivity contribution in [1.82, 2.24) is 15.5 Å². The molecule has 3 amide bonds. The minimum absolute atomic E-state index is 0.138. The molecule has 0 spiro atoms. The molecule has 0 radical (unpaired) electrons. The number of anilines is 1. The third-order valence-corrected chi connectivity index (χ3v) is 5.78. The number of halogens is 3. The zero-order valence-electron chi connectivity index (χ0n) is 19.0. The zero-order chi connectivity index (χ0) is 25.0.